The summed E-state index contributed by atoms with van der Waals surface area (Å²) in [6, 6.07) is 0.595. The van der Waals surface area contributed by atoms with Gasteiger partial charge in [0, 0.05) is 53.0 Å². The van der Waals surface area contributed by atoms with Gasteiger partial charge in [-0.15, -0.1) is 0 Å². The lowest BCUT2D eigenvalue weighted by Gasteiger charge is -2.08. The van der Waals surface area contributed by atoms with Gasteiger partial charge in [-0.25, -0.2) is 8.42 Å². The molecule has 0 aromatic carbocycles. The highest BCUT2D eigenvalue weighted by Crippen LogP contribution is 2.26. The van der Waals surface area contributed by atoms with E-state index in [0.717, 1.165) is 6.42 Å². The average molecular weight is 449 g/mol. The third-order valence-corrected chi connectivity index (χ3v) is 3.79. The van der Waals surface area contributed by atoms with E-state index in [0.29, 0.717) is 12.0 Å². The van der Waals surface area contributed by atoms with Crippen molar-refractivity contribution in [2.75, 3.05) is 0 Å². The Morgan fingerprint density at radius 2 is 1.95 bits per heavy atom. The maximum Gasteiger partial charge on any atom is 0.485 e. The lowest BCUT2D eigenvalue weighted by molar-refractivity contribution is -0.0517. The largest absolute Gasteiger partial charge is 0.741 e. The number of hydrogen-bond acceptors (Lipinski definition) is 3. The summed E-state index contributed by atoms with van der Waals surface area (Å²) in [5.41, 5.74) is -5.57. The highest BCUT2D eigenvalue weighted by atomic mass is 127. The zero-order valence-corrected chi connectivity index (χ0v) is 15.1. The molecular weight excluding hydrogens is 432 g/mol. The van der Waals surface area contributed by atoms with E-state index < -0.39 is 15.6 Å². The van der Waals surface area contributed by atoms with E-state index in [2.05, 4.69) is 55.2 Å². The summed E-state index contributed by atoms with van der Waals surface area (Å²) in [4.78, 5) is 0. The summed E-state index contributed by atoms with van der Waals surface area (Å²) in [7, 11) is -6.09. The van der Waals surface area contributed by atoms with Crippen molar-refractivity contribution in [1.29, 1.82) is 0 Å². The van der Waals surface area contributed by atoms with E-state index in [4.69, 9.17) is 14.3 Å². The minimum Gasteiger partial charge on any atom is -0.741 e. The van der Waals surface area contributed by atoms with E-state index in [1.165, 1.54) is 3.58 Å². The first-order chi connectivity index (χ1) is 10.1. The van der Waals surface area contributed by atoms with Gasteiger partial charge in [0.25, 0.3) is 0 Å². The molecule has 1 atom stereocenters. The molecule has 0 bridgehead atoms. The van der Waals surface area contributed by atoms with Gasteiger partial charge in [0.05, 0.1) is 11.0 Å². The number of allylic oxidation sites excluding steroid dienone is 4. The molecule has 0 saturated heterocycles. The third kappa shape index (κ3) is 9.38. The Balaban J connectivity index is 0.000000515. The molecule has 0 aromatic heterocycles. The van der Waals surface area contributed by atoms with Gasteiger partial charge >= 0.3 is 5.51 Å². The monoisotopic (exact) mass is 449 g/mol. The molecule has 22 heavy (non-hydrogen) atoms. The Morgan fingerprint density at radius 3 is 2.36 bits per heavy atom. The Bertz CT molecular complexity index is 635. The molecule has 1 aliphatic carbocycles. The van der Waals surface area contributed by atoms with Crippen LogP contribution in [0.15, 0.2) is 21.8 Å². The van der Waals surface area contributed by atoms with Crippen molar-refractivity contribution in [3.05, 3.63) is 28.2 Å². The highest BCUT2D eigenvalue weighted by molar-refractivity contribution is 14.1. The maximum absolute atomic E-state index is 10.7. The molecule has 0 spiro atoms. The van der Waals surface area contributed by atoms with Crippen molar-refractivity contribution in [1.82, 2.24) is 0 Å². The van der Waals surface area contributed by atoms with Crippen LogP contribution in [-0.4, -0.2) is 18.5 Å². The SMILES string of the molecule is O=S(=O)([O-])C(F)(F)F.[2H]C1=CC(CC#CC(C)(C)C)C(I)=C[CH+]1. The minimum absolute atomic E-state index is 0.0729. The molecule has 0 saturated carbocycles. The number of halogens is 4. The van der Waals surface area contributed by atoms with Crippen LogP contribution in [0.1, 0.15) is 28.6 Å². The average Bonchev–Trinajstić information content (AvgIpc) is 2.30. The lowest BCUT2D eigenvalue weighted by Crippen LogP contribution is -2.21. The summed E-state index contributed by atoms with van der Waals surface area (Å²) < 4.78 is 67.7. The highest BCUT2D eigenvalue weighted by Gasteiger charge is 2.36. The maximum atomic E-state index is 10.7. The number of hydrogen-bond donors (Lipinski definition) is 0. The first-order valence-electron chi connectivity index (χ1n) is 6.54. The molecule has 3 nitrogen and oxygen atoms in total. The fraction of sp³-hybridized carbons (Fsp3) is 0.500. The first-order valence-corrected chi connectivity index (χ1v) is 8.53. The van der Waals surface area contributed by atoms with Crippen molar-refractivity contribution in [3.63, 3.8) is 0 Å². The molecule has 0 heterocycles. The van der Waals surface area contributed by atoms with Crippen LogP contribution in [0.4, 0.5) is 13.2 Å². The Hall–Kier alpha value is -0.660. The number of alkyl halides is 3. The minimum atomic E-state index is -6.09. The summed E-state index contributed by atoms with van der Waals surface area (Å²) in [6.45, 7) is 6.34. The summed E-state index contributed by atoms with van der Waals surface area (Å²) in [5.74, 6) is 6.75. The van der Waals surface area contributed by atoms with Crippen molar-refractivity contribution in [2.45, 2.75) is 32.7 Å². The number of rotatable bonds is 1. The molecule has 0 amide bonds. The van der Waals surface area contributed by atoms with E-state index in [1.807, 2.05) is 18.6 Å². The smallest absolute Gasteiger partial charge is 0.485 e. The van der Waals surface area contributed by atoms with Crippen LogP contribution in [0.2, 0.25) is 0 Å². The molecule has 0 aromatic rings. The van der Waals surface area contributed by atoms with Gasteiger partial charge in [0.15, 0.2) is 10.1 Å². The summed E-state index contributed by atoms with van der Waals surface area (Å²) >= 11 is 2.32. The molecule has 8 heteroatoms. The quantitative estimate of drug-likeness (QED) is 0.198. The third-order valence-electron chi connectivity index (χ3n) is 2.06. The Kier molecular flexibility index (Phi) is 7.28. The van der Waals surface area contributed by atoms with Crippen LogP contribution in [0.25, 0.3) is 0 Å². The van der Waals surface area contributed by atoms with E-state index in [1.54, 1.807) is 0 Å². The van der Waals surface area contributed by atoms with E-state index in [9.17, 15) is 13.2 Å². The second-order valence-corrected chi connectivity index (χ2v) is 7.93. The molecule has 0 aliphatic heterocycles. The second-order valence-electron chi connectivity index (χ2n) is 5.31. The van der Waals surface area contributed by atoms with Crippen LogP contribution in [0.3, 0.4) is 0 Å². The summed E-state index contributed by atoms with van der Waals surface area (Å²) in [5, 5.41) is 0. The van der Waals surface area contributed by atoms with Gasteiger partial charge in [-0.3, -0.25) is 0 Å². The van der Waals surface area contributed by atoms with Gasteiger partial charge in [-0.05, 0) is 20.8 Å². The summed E-state index contributed by atoms with van der Waals surface area (Å²) in [6.07, 6.45) is 6.63. The van der Waals surface area contributed by atoms with Gasteiger partial charge in [-0.1, -0.05) is 11.8 Å². The molecule has 1 aliphatic rings. The van der Waals surface area contributed by atoms with Gasteiger partial charge < -0.3 is 4.55 Å². The second kappa shape index (κ2) is 8.26. The van der Waals surface area contributed by atoms with E-state index >= 15 is 0 Å². The predicted octanol–water partition coefficient (Wildman–Crippen LogP) is 4.19. The molecule has 1 rings (SSSR count). The predicted molar refractivity (Wildman–Crippen MR) is 86.6 cm³/mol. The molecule has 0 N–H and O–H groups in total. The zero-order chi connectivity index (χ0) is 18.5. The van der Waals surface area contributed by atoms with Crippen molar-refractivity contribution in [2.24, 2.45) is 11.3 Å². The first kappa shape index (κ1) is 19.4. The molecule has 1 unspecified atom stereocenters. The fourth-order valence-electron chi connectivity index (χ4n) is 1.09. The molecular formula is C14H16F3IO3S. The van der Waals surface area contributed by atoms with Crippen LogP contribution < -0.4 is 0 Å². The van der Waals surface area contributed by atoms with Crippen molar-refractivity contribution < 1.29 is 27.5 Å². The van der Waals surface area contributed by atoms with Crippen molar-refractivity contribution in [3.8, 4) is 11.8 Å². The van der Waals surface area contributed by atoms with Gasteiger partial charge in [0.1, 0.15) is 5.92 Å². The van der Waals surface area contributed by atoms with Gasteiger partial charge in [0.2, 0.25) is 0 Å². The van der Waals surface area contributed by atoms with Crippen molar-refractivity contribution >= 4 is 32.7 Å². The Morgan fingerprint density at radius 1 is 1.45 bits per heavy atom. The Labute approximate surface area is 144 Å². The van der Waals surface area contributed by atoms with E-state index in [-0.39, 0.29) is 5.41 Å². The molecule has 0 radical (unpaired) electrons. The lowest BCUT2D eigenvalue weighted by atomic mass is 9.95. The standard InChI is InChI=1S/C13H16I.CHF3O3S/c1-13(2,3)10-6-8-11-7-4-5-9-12(11)14;2-1(3,4)8(5,6)7/h4-5,7,9,11H,8H2,1-3H3;(H,5,6,7)/q+1;/p-1/i4D;. The molecule has 124 valence electrons. The zero-order valence-electron chi connectivity index (χ0n) is 13.2. The van der Waals surface area contributed by atoms with Crippen LogP contribution in [0.5, 0.6) is 0 Å². The van der Waals surface area contributed by atoms with Crippen LogP contribution >= 0.6 is 22.6 Å². The fourth-order valence-corrected chi connectivity index (χ4v) is 1.66. The molecule has 0 fully saturated rings. The van der Waals surface area contributed by atoms with Gasteiger partial charge in [-0.2, -0.15) is 13.2 Å². The normalized spacial score (nSPS) is 19.3. The van der Waals surface area contributed by atoms with Crippen LogP contribution in [-0.2, 0) is 10.1 Å². The topological polar surface area (TPSA) is 57.2 Å². The van der Waals surface area contributed by atoms with Crippen LogP contribution in [0, 0.1) is 29.6 Å².